The van der Waals surface area contributed by atoms with Crippen LogP contribution in [0, 0.1) is 5.92 Å². The Morgan fingerprint density at radius 2 is 1.85 bits per heavy atom. The van der Waals surface area contributed by atoms with E-state index in [-0.39, 0.29) is 0 Å². The average molecular weight is 279 g/mol. The maximum absolute atomic E-state index is 5.72. The number of methoxy groups -OCH3 is 1. The van der Waals surface area contributed by atoms with Crippen LogP contribution in [-0.4, -0.2) is 40.0 Å². The Labute approximate surface area is 123 Å². The van der Waals surface area contributed by atoms with Crippen LogP contribution in [0.15, 0.2) is 30.3 Å². The summed E-state index contributed by atoms with van der Waals surface area (Å²) >= 11 is 0. The number of hydrogen-bond acceptors (Lipinski definition) is 3. The molecule has 114 valence electrons. The van der Waals surface area contributed by atoms with E-state index >= 15 is 0 Å². The van der Waals surface area contributed by atoms with E-state index < -0.39 is 0 Å². The van der Waals surface area contributed by atoms with E-state index in [9.17, 15) is 0 Å². The summed E-state index contributed by atoms with van der Waals surface area (Å²) in [5.41, 5.74) is 1.38. The van der Waals surface area contributed by atoms with E-state index in [1.165, 1.54) is 5.56 Å². The van der Waals surface area contributed by atoms with Crippen LogP contribution < -0.4 is 5.32 Å². The van der Waals surface area contributed by atoms with Crippen LogP contribution >= 0.6 is 0 Å². The number of nitrogens with one attached hydrogen (secondary N) is 1. The van der Waals surface area contributed by atoms with Gasteiger partial charge in [0.1, 0.15) is 0 Å². The third kappa shape index (κ3) is 7.63. The summed E-state index contributed by atoms with van der Waals surface area (Å²) in [6.45, 7) is 8.65. The largest absolute Gasteiger partial charge is 0.383 e. The first-order valence-corrected chi connectivity index (χ1v) is 7.56. The lowest BCUT2D eigenvalue weighted by atomic mass is 9.96. The van der Waals surface area contributed by atoms with Gasteiger partial charge >= 0.3 is 0 Å². The molecule has 0 amide bonds. The summed E-state index contributed by atoms with van der Waals surface area (Å²) in [6, 6.07) is 10.7. The predicted molar refractivity (Wildman–Crippen MR) is 84.2 cm³/mol. The Morgan fingerprint density at radius 3 is 2.50 bits per heavy atom. The Bertz CT molecular complexity index is 327. The lowest BCUT2D eigenvalue weighted by Crippen LogP contribution is -2.26. The molecule has 0 aliphatic rings. The number of hydrogen-bond donors (Lipinski definition) is 1. The van der Waals surface area contributed by atoms with Crippen LogP contribution in [-0.2, 0) is 9.47 Å². The second kappa shape index (κ2) is 10.8. The van der Waals surface area contributed by atoms with E-state index in [0.717, 1.165) is 39.3 Å². The second-order valence-corrected chi connectivity index (χ2v) is 5.56. The molecule has 0 bridgehead atoms. The Hall–Kier alpha value is -0.900. The lowest BCUT2D eigenvalue weighted by molar-refractivity contribution is 0.103. The van der Waals surface area contributed by atoms with Gasteiger partial charge < -0.3 is 14.8 Å². The molecule has 1 aromatic rings. The van der Waals surface area contributed by atoms with Crippen molar-refractivity contribution >= 4 is 0 Å². The van der Waals surface area contributed by atoms with Crippen LogP contribution in [0.5, 0.6) is 0 Å². The highest BCUT2D eigenvalue weighted by atomic mass is 16.5. The van der Waals surface area contributed by atoms with Crippen molar-refractivity contribution in [2.75, 3.05) is 40.0 Å². The highest BCUT2D eigenvalue weighted by molar-refractivity contribution is 5.19. The van der Waals surface area contributed by atoms with Gasteiger partial charge in [0.2, 0.25) is 0 Å². The number of rotatable bonds is 11. The van der Waals surface area contributed by atoms with E-state index in [4.69, 9.17) is 9.47 Å². The summed E-state index contributed by atoms with van der Waals surface area (Å²) in [5.74, 6) is 1.10. The summed E-state index contributed by atoms with van der Waals surface area (Å²) in [7, 11) is 1.73. The van der Waals surface area contributed by atoms with Crippen LogP contribution in [0.2, 0.25) is 0 Å². The molecular formula is C17H29NO2. The van der Waals surface area contributed by atoms with Crippen molar-refractivity contribution in [1.82, 2.24) is 5.32 Å². The highest BCUT2D eigenvalue weighted by Crippen LogP contribution is 2.18. The minimum absolute atomic E-state index is 0.500. The van der Waals surface area contributed by atoms with Crippen LogP contribution in [0.25, 0.3) is 0 Å². The molecule has 0 aliphatic carbocycles. The SMILES string of the molecule is COCCNCC(CCOCC(C)C)c1ccccc1. The van der Waals surface area contributed by atoms with Gasteiger partial charge in [0, 0.05) is 33.4 Å². The van der Waals surface area contributed by atoms with E-state index in [1.807, 2.05) is 0 Å². The maximum Gasteiger partial charge on any atom is 0.0587 e. The van der Waals surface area contributed by atoms with Gasteiger partial charge in [-0.25, -0.2) is 0 Å². The smallest absolute Gasteiger partial charge is 0.0587 e. The molecule has 0 radical (unpaired) electrons. The molecule has 0 saturated heterocycles. The van der Waals surface area contributed by atoms with Crippen molar-refractivity contribution in [2.45, 2.75) is 26.2 Å². The molecule has 0 aromatic heterocycles. The van der Waals surface area contributed by atoms with Gasteiger partial charge in [-0.2, -0.15) is 0 Å². The summed E-state index contributed by atoms with van der Waals surface area (Å²) in [5, 5.41) is 3.45. The Balaban J connectivity index is 2.39. The normalized spacial score (nSPS) is 12.8. The molecule has 0 saturated carbocycles. The molecule has 3 heteroatoms. The molecule has 1 unspecified atom stereocenters. The molecular weight excluding hydrogens is 250 g/mol. The summed E-state index contributed by atoms with van der Waals surface area (Å²) in [4.78, 5) is 0. The van der Waals surface area contributed by atoms with E-state index in [0.29, 0.717) is 11.8 Å². The summed E-state index contributed by atoms with van der Waals surface area (Å²) < 4.78 is 10.8. The fourth-order valence-corrected chi connectivity index (χ4v) is 2.11. The van der Waals surface area contributed by atoms with Gasteiger partial charge in [-0.05, 0) is 23.8 Å². The monoisotopic (exact) mass is 279 g/mol. The van der Waals surface area contributed by atoms with Gasteiger partial charge in [0.05, 0.1) is 6.61 Å². The molecule has 1 aromatic carbocycles. The molecule has 0 fully saturated rings. The number of ether oxygens (including phenoxy) is 2. The fourth-order valence-electron chi connectivity index (χ4n) is 2.11. The van der Waals surface area contributed by atoms with Crippen molar-refractivity contribution in [3.05, 3.63) is 35.9 Å². The zero-order chi connectivity index (χ0) is 14.6. The highest BCUT2D eigenvalue weighted by Gasteiger charge is 2.11. The minimum atomic E-state index is 0.500. The van der Waals surface area contributed by atoms with Gasteiger partial charge in [0.25, 0.3) is 0 Å². The lowest BCUT2D eigenvalue weighted by Gasteiger charge is -2.18. The molecule has 3 nitrogen and oxygen atoms in total. The quantitative estimate of drug-likeness (QED) is 0.632. The van der Waals surface area contributed by atoms with Crippen molar-refractivity contribution in [3.63, 3.8) is 0 Å². The second-order valence-electron chi connectivity index (χ2n) is 5.56. The molecule has 20 heavy (non-hydrogen) atoms. The average Bonchev–Trinajstić information content (AvgIpc) is 2.46. The van der Waals surface area contributed by atoms with Crippen molar-refractivity contribution in [3.8, 4) is 0 Å². The zero-order valence-corrected chi connectivity index (χ0v) is 13.1. The van der Waals surface area contributed by atoms with Gasteiger partial charge in [0.15, 0.2) is 0 Å². The fraction of sp³-hybridized carbons (Fsp3) is 0.647. The standard InChI is InChI=1S/C17H29NO2/c1-15(2)14-20-11-9-17(13-18-10-12-19-3)16-7-5-4-6-8-16/h4-8,15,17-18H,9-14H2,1-3H3. The van der Waals surface area contributed by atoms with Crippen molar-refractivity contribution in [1.29, 1.82) is 0 Å². The zero-order valence-electron chi connectivity index (χ0n) is 13.1. The predicted octanol–water partition coefficient (Wildman–Crippen LogP) is 3.07. The van der Waals surface area contributed by atoms with Crippen LogP contribution in [0.3, 0.4) is 0 Å². The first-order chi connectivity index (χ1) is 9.74. The third-order valence-electron chi connectivity index (χ3n) is 3.21. The molecule has 0 spiro atoms. The van der Waals surface area contributed by atoms with E-state index in [2.05, 4.69) is 49.5 Å². The molecule has 1 rings (SSSR count). The first-order valence-electron chi connectivity index (χ1n) is 7.56. The van der Waals surface area contributed by atoms with Crippen LogP contribution in [0.1, 0.15) is 31.7 Å². The Morgan fingerprint density at radius 1 is 1.10 bits per heavy atom. The topological polar surface area (TPSA) is 30.5 Å². The maximum atomic E-state index is 5.72. The molecule has 1 N–H and O–H groups in total. The summed E-state index contributed by atoms with van der Waals surface area (Å²) in [6.07, 6.45) is 1.05. The van der Waals surface area contributed by atoms with Gasteiger partial charge in [-0.3, -0.25) is 0 Å². The van der Waals surface area contributed by atoms with E-state index in [1.54, 1.807) is 7.11 Å². The third-order valence-corrected chi connectivity index (χ3v) is 3.21. The first kappa shape index (κ1) is 17.2. The number of benzene rings is 1. The molecule has 0 aliphatic heterocycles. The molecule has 0 heterocycles. The molecule has 1 atom stereocenters. The van der Waals surface area contributed by atoms with Gasteiger partial charge in [-0.15, -0.1) is 0 Å². The van der Waals surface area contributed by atoms with Crippen molar-refractivity contribution < 1.29 is 9.47 Å². The van der Waals surface area contributed by atoms with Crippen LogP contribution in [0.4, 0.5) is 0 Å². The van der Waals surface area contributed by atoms with Gasteiger partial charge in [-0.1, -0.05) is 44.2 Å². The minimum Gasteiger partial charge on any atom is -0.383 e. The Kier molecular flexibility index (Phi) is 9.29. The van der Waals surface area contributed by atoms with Crippen molar-refractivity contribution in [2.24, 2.45) is 5.92 Å².